The molecule has 1 saturated heterocycles. The molecular formula is C12H17FN2O3S. The molecule has 1 fully saturated rings. The number of β-amino-alcohol motifs (C(OH)–C–C–N with tert-alkyl or cyclic N) is 1. The maximum atomic E-state index is 13.3. The summed E-state index contributed by atoms with van der Waals surface area (Å²) < 4.78 is 39.1. The number of anilines is 1. The Balaban J connectivity index is 2.32. The molecule has 2 rings (SSSR count). The second-order valence-electron chi connectivity index (χ2n) is 4.92. The average Bonchev–Trinajstić information content (AvgIpc) is 2.31. The predicted octanol–water partition coefficient (Wildman–Crippen LogP) is 0.799. The van der Waals surface area contributed by atoms with Crippen molar-refractivity contribution in [2.24, 2.45) is 5.92 Å². The molecule has 2 atom stereocenters. The zero-order valence-electron chi connectivity index (χ0n) is 10.6. The quantitative estimate of drug-likeness (QED) is 0.788. The van der Waals surface area contributed by atoms with Crippen molar-refractivity contribution in [2.45, 2.75) is 24.3 Å². The summed E-state index contributed by atoms with van der Waals surface area (Å²) in [7, 11) is -3.81. The van der Waals surface area contributed by atoms with Gasteiger partial charge in [-0.25, -0.2) is 12.8 Å². The summed E-state index contributed by atoms with van der Waals surface area (Å²) in [5.74, 6) is -0.631. The number of sulfonamides is 1. The molecule has 1 aliphatic heterocycles. The third kappa shape index (κ3) is 2.88. The van der Waals surface area contributed by atoms with Gasteiger partial charge in [-0.1, -0.05) is 6.92 Å². The molecule has 5 nitrogen and oxygen atoms in total. The van der Waals surface area contributed by atoms with Crippen molar-refractivity contribution in [3.63, 3.8) is 0 Å². The first-order chi connectivity index (χ1) is 8.80. The molecule has 2 unspecified atom stereocenters. The zero-order valence-corrected chi connectivity index (χ0v) is 11.4. The smallest absolute Gasteiger partial charge is 0.243 e. The first kappa shape index (κ1) is 14.2. The first-order valence-electron chi connectivity index (χ1n) is 6.05. The second kappa shape index (κ2) is 5.07. The molecule has 0 aromatic heterocycles. The van der Waals surface area contributed by atoms with Gasteiger partial charge in [0.15, 0.2) is 0 Å². The normalized spacial score (nSPS) is 25.4. The Labute approximate surface area is 111 Å². The monoisotopic (exact) mass is 288 g/mol. The van der Waals surface area contributed by atoms with E-state index < -0.39 is 21.9 Å². The van der Waals surface area contributed by atoms with Gasteiger partial charge in [0.1, 0.15) is 5.82 Å². The number of nitrogens with zero attached hydrogens (tertiary/aromatic N) is 1. The fourth-order valence-electron chi connectivity index (χ4n) is 2.12. The van der Waals surface area contributed by atoms with E-state index in [4.69, 9.17) is 5.73 Å². The number of benzene rings is 1. The van der Waals surface area contributed by atoms with E-state index in [-0.39, 0.29) is 23.0 Å². The highest BCUT2D eigenvalue weighted by molar-refractivity contribution is 7.89. The number of halogens is 1. The Bertz CT molecular complexity index is 556. The third-order valence-electron chi connectivity index (χ3n) is 3.41. The standard InChI is InChI=1S/C12H17FN2O3S/c1-8-2-3-15(7-12(8)16)19(17,18)11-5-9(13)4-10(14)6-11/h4-6,8,12,16H,2-3,7,14H2,1H3. The van der Waals surface area contributed by atoms with Crippen molar-refractivity contribution in [3.05, 3.63) is 24.0 Å². The van der Waals surface area contributed by atoms with E-state index in [1.807, 2.05) is 6.92 Å². The Kier molecular flexibility index (Phi) is 3.80. The van der Waals surface area contributed by atoms with Gasteiger partial charge in [0.25, 0.3) is 0 Å². The lowest BCUT2D eigenvalue weighted by Gasteiger charge is -2.33. The van der Waals surface area contributed by atoms with Crippen LogP contribution in [0.15, 0.2) is 23.1 Å². The number of aliphatic hydroxyl groups excluding tert-OH is 1. The predicted molar refractivity (Wildman–Crippen MR) is 69.4 cm³/mol. The molecule has 0 saturated carbocycles. The number of nitrogens with two attached hydrogens (primary N) is 1. The largest absolute Gasteiger partial charge is 0.399 e. The van der Waals surface area contributed by atoms with E-state index in [2.05, 4.69) is 0 Å². The van der Waals surface area contributed by atoms with Gasteiger partial charge in [-0.15, -0.1) is 0 Å². The van der Waals surface area contributed by atoms with Gasteiger partial charge in [-0.05, 0) is 30.5 Å². The summed E-state index contributed by atoms with van der Waals surface area (Å²) >= 11 is 0. The van der Waals surface area contributed by atoms with Gasteiger partial charge in [-0.3, -0.25) is 0 Å². The fourth-order valence-corrected chi connectivity index (χ4v) is 3.66. The first-order valence-corrected chi connectivity index (χ1v) is 7.49. The van der Waals surface area contributed by atoms with Crippen molar-refractivity contribution < 1.29 is 17.9 Å². The van der Waals surface area contributed by atoms with Crippen molar-refractivity contribution in [3.8, 4) is 0 Å². The molecule has 1 aromatic rings. The van der Waals surface area contributed by atoms with Gasteiger partial charge in [-0.2, -0.15) is 4.31 Å². The van der Waals surface area contributed by atoms with E-state index >= 15 is 0 Å². The van der Waals surface area contributed by atoms with Crippen LogP contribution < -0.4 is 5.73 Å². The summed E-state index contributed by atoms with van der Waals surface area (Å²) in [6.07, 6.45) is -0.125. The van der Waals surface area contributed by atoms with E-state index in [9.17, 15) is 17.9 Å². The highest BCUT2D eigenvalue weighted by atomic mass is 32.2. The van der Waals surface area contributed by atoms with Gasteiger partial charge in [0, 0.05) is 18.8 Å². The van der Waals surface area contributed by atoms with E-state index in [1.165, 1.54) is 10.4 Å². The number of hydrogen-bond acceptors (Lipinski definition) is 4. The summed E-state index contributed by atoms with van der Waals surface area (Å²) in [5.41, 5.74) is 5.52. The van der Waals surface area contributed by atoms with Crippen LogP contribution in [0.3, 0.4) is 0 Å². The lowest BCUT2D eigenvalue weighted by atomic mass is 9.98. The van der Waals surface area contributed by atoms with Crippen LogP contribution in [0.1, 0.15) is 13.3 Å². The van der Waals surface area contributed by atoms with Crippen molar-refractivity contribution in [1.29, 1.82) is 0 Å². The minimum atomic E-state index is -3.81. The number of nitrogen functional groups attached to an aromatic ring is 1. The topological polar surface area (TPSA) is 83.6 Å². The minimum absolute atomic E-state index is 0.0277. The van der Waals surface area contributed by atoms with Gasteiger partial charge >= 0.3 is 0 Å². The fraction of sp³-hybridized carbons (Fsp3) is 0.500. The maximum absolute atomic E-state index is 13.3. The summed E-state index contributed by atoms with van der Waals surface area (Å²) in [5, 5.41) is 9.76. The van der Waals surface area contributed by atoms with Gasteiger partial charge in [0.05, 0.1) is 11.0 Å². The lowest BCUT2D eigenvalue weighted by Crippen LogP contribution is -2.45. The maximum Gasteiger partial charge on any atom is 0.243 e. The van der Waals surface area contributed by atoms with Crippen LogP contribution in [-0.2, 0) is 10.0 Å². The number of rotatable bonds is 2. The van der Waals surface area contributed by atoms with Crippen LogP contribution in [0, 0.1) is 11.7 Å². The zero-order chi connectivity index (χ0) is 14.2. The molecule has 7 heteroatoms. The van der Waals surface area contributed by atoms with E-state index in [0.717, 1.165) is 12.1 Å². The molecule has 0 bridgehead atoms. The third-order valence-corrected chi connectivity index (χ3v) is 5.26. The van der Waals surface area contributed by atoms with Crippen LogP contribution in [-0.4, -0.2) is 37.0 Å². The lowest BCUT2D eigenvalue weighted by molar-refractivity contribution is 0.0605. The number of aliphatic hydroxyl groups is 1. The molecule has 1 aliphatic rings. The van der Waals surface area contributed by atoms with Crippen LogP contribution in [0.25, 0.3) is 0 Å². The van der Waals surface area contributed by atoms with E-state index in [1.54, 1.807) is 0 Å². The van der Waals surface area contributed by atoms with Crippen LogP contribution in [0.5, 0.6) is 0 Å². The minimum Gasteiger partial charge on any atom is -0.399 e. The summed E-state index contributed by atoms with van der Waals surface area (Å²) in [6.45, 7) is 2.21. The Morgan fingerprint density at radius 1 is 1.42 bits per heavy atom. The van der Waals surface area contributed by atoms with Gasteiger partial charge < -0.3 is 10.8 Å². The van der Waals surface area contributed by atoms with E-state index in [0.29, 0.717) is 13.0 Å². The molecular weight excluding hydrogens is 271 g/mol. The Hall–Kier alpha value is -1.18. The molecule has 1 aromatic carbocycles. The van der Waals surface area contributed by atoms with Gasteiger partial charge in [0.2, 0.25) is 10.0 Å². The molecule has 0 radical (unpaired) electrons. The molecule has 0 spiro atoms. The summed E-state index contributed by atoms with van der Waals surface area (Å²) in [6, 6.07) is 3.23. The van der Waals surface area contributed by atoms with Crippen molar-refractivity contribution >= 4 is 15.7 Å². The Morgan fingerprint density at radius 3 is 2.68 bits per heavy atom. The SMILES string of the molecule is CC1CCN(S(=O)(=O)c2cc(N)cc(F)c2)CC1O. The number of piperidine rings is 1. The van der Waals surface area contributed by atoms with Crippen LogP contribution in [0.2, 0.25) is 0 Å². The van der Waals surface area contributed by atoms with Crippen molar-refractivity contribution in [1.82, 2.24) is 4.31 Å². The van der Waals surface area contributed by atoms with Crippen LogP contribution in [0.4, 0.5) is 10.1 Å². The molecule has 0 aliphatic carbocycles. The van der Waals surface area contributed by atoms with Crippen LogP contribution >= 0.6 is 0 Å². The molecule has 0 amide bonds. The Morgan fingerprint density at radius 2 is 2.11 bits per heavy atom. The highest BCUT2D eigenvalue weighted by Crippen LogP contribution is 2.25. The molecule has 1 heterocycles. The summed E-state index contributed by atoms with van der Waals surface area (Å²) in [4.78, 5) is -0.174. The number of hydrogen-bond donors (Lipinski definition) is 2. The highest BCUT2D eigenvalue weighted by Gasteiger charge is 2.33. The average molecular weight is 288 g/mol. The molecule has 19 heavy (non-hydrogen) atoms. The second-order valence-corrected chi connectivity index (χ2v) is 6.85. The van der Waals surface area contributed by atoms with Crippen molar-refractivity contribution in [2.75, 3.05) is 18.8 Å². The molecule has 106 valence electrons. The molecule has 3 N–H and O–H groups in total.